The summed E-state index contributed by atoms with van der Waals surface area (Å²) in [4.78, 5) is 11.1. The molecule has 0 bridgehead atoms. The Kier molecular flexibility index (Phi) is 2.41. The van der Waals surface area contributed by atoms with Crippen molar-refractivity contribution < 1.29 is 9.90 Å². The number of aromatic nitrogens is 1. The maximum atomic E-state index is 11.1. The average Bonchev–Trinajstić information content (AvgIpc) is 2.62. The van der Waals surface area contributed by atoms with E-state index in [1.807, 2.05) is 13.1 Å². The average molecular weight is 244 g/mol. The normalized spacial score (nSPS) is 18.9. The van der Waals surface area contributed by atoms with Crippen molar-refractivity contribution in [1.82, 2.24) is 4.57 Å². The van der Waals surface area contributed by atoms with E-state index in [0.29, 0.717) is 5.56 Å². The van der Waals surface area contributed by atoms with Crippen LogP contribution in [-0.2, 0) is 19.9 Å². The smallest absolute Gasteiger partial charge is 0.335 e. The minimum Gasteiger partial charge on any atom is -0.478 e. The van der Waals surface area contributed by atoms with E-state index in [1.54, 1.807) is 12.1 Å². The first-order valence-electron chi connectivity index (χ1n) is 6.17. The Hall–Kier alpha value is -1.81. The fourth-order valence-electron chi connectivity index (χ4n) is 2.94. The number of fused-ring (bicyclic) bond motifs is 3. The molecule has 18 heavy (non-hydrogen) atoms. The molecule has 4 nitrogen and oxygen atoms in total. The zero-order valence-corrected chi connectivity index (χ0v) is 10.3. The lowest BCUT2D eigenvalue weighted by Gasteiger charge is -2.19. The molecule has 1 atom stereocenters. The molecule has 0 spiro atoms. The van der Waals surface area contributed by atoms with Crippen molar-refractivity contribution >= 4 is 16.9 Å². The second-order valence-corrected chi connectivity index (χ2v) is 5.02. The molecule has 1 aliphatic carbocycles. The van der Waals surface area contributed by atoms with Crippen LogP contribution in [0, 0.1) is 0 Å². The standard InChI is InChI=1S/C14H16N2O2/c1-16-12-4-2-8(14(17)18)6-10(12)11-7-9(15)3-5-13(11)16/h2,4,6,9H,3,5,7,15H2,1H3,(H,17,18). The van der Waals surface area contributed by atoms with Crippen molar-refractivity contribution in [2.75, 3.05) is 0 Å². The Morgan fingerprint density at radius 2 is 2.28 bits per heavy atom. The maximum Gasteiger partial charge on any atom is 0.335 e. The Morgan fingerprint density at radius 3 is 3.00 bits per heavy atom. The van der Waals surface area contributed by atoms with Gasteiger partial charge in [0.05, 0.1) is 5.56 Å². The molecular weight excluding hydrogens is 228 g/mol. The van der Waals surface area contributed by atoms with Crippen LogP contribution in [0.2, 0.25) is 0 Å². The molecule has 3 N–H and O–H groups in total. The van der Waals surface area contributed by atoms with Crippen LogP contribution in [0.25, 0.3) is 10.9 Å². The number of aromatic carboxylic acids is 1. The predicted octanol–water partition coefficient (Wildman–Crippen LogP) is 1.69. The van der Waals surface area contributed by atoms with Crippen LogP contribution in [-0.4, -0.2) is 21.7 Å². The number of carboxylic acids is 1. The minimum absolute atomic E-state index is 0.191. The van der Waals surface area contributed by atoms with E-state index >= 15 is 0 Å². The van der Waals surface area contributed by atoms with E-state index in [4.69, 9.17) is 10.8 Å². The number of carbonyl (C=O) groups is 1. The predicted molar refractivity (Wildman–Crippen MR) is 69.9 cm³/mol. The Labute approximate surface area is 105 Å². The van der Waals surface area contributed by atoms with Gasteiger partial charge in [-0.2, -0.15) is 0 Å². The van der Waals surface area contributed by atoms with E-state index < -0.39 is 5.97 Å². The van der Waals surface area contributed by atoms with Crippen LogP contribution in [0.4, 0.5) is 0 Å². The van der Waals surface area contributed by atoms with Gasteiger partial charge in [0.1, 0.15) is 0 Å². The fourth-order valence-corrected chi connectivity index (χ4v) is 2.94. The van der Waals surface area contributed by atoms with E-state index in [9.17, 15) is 4.79 Å². The molecular formula is C14H16N2O2. The molecule has 1 unspecified atom stereocenters. The quantitative estimate of drug-likeness (QED) is 0.802. The third-order valence-electron chi connectivity index (χ3n) is 3.90. The summed E-state index contributed by atoms with van der Waals surface area (Å²) < 4.78 is 2.17. The number of rotatable bonds is 1. The van der Waals surface area contributed by atoms with Crippen molar-refractivity contribution in [2.24, 2.45) is 12.8 Å². The van der Waals surface area contributed by atoms with E-state index in [2.05, 4.69) is 4.57 Å². The monoisotopic (exact) mass is 244 g/mol. The zero-order valence-electron chi connectivity index (χ0n) is 10.3. The summed E-state index contributed by atoms with van der Waals surface area (Å²) in [5.74, 6) is -0.880. The van der Waals surface area contributed by atoms with Gasteiger partial charge in [-0.1, -0.05) is 0 Å². The zero-order chi connectivity index (χ0) is 12.9. The highest BCUT2D eigenvalue weighted by Gasteiger charge is 2.22. The molecule has 94 valence electrons. The fraction of sp³-hybridized carbons (Fsp3) is 0.357. The summed E-state index contributed by atoms with van der Waals surface area (Å²) >= 11 is 0. The van der Waals surface area contributed by atoms with Gasteiger partial charge < -0.3 is 15.4 Å². The van der Waals surface area contributed by atoms with Gasteiger partial charge in [-0.3, -0.25) is 0 Å². The van der Waals surface area contributed by atoms with Crippen LogP contribution >= 0.6 is 0 Å². The number of carboxylic acid groups (broad SMARTS) is 1. The van der Waals surface area contributed by atoms with Crippen LogP contribution in [0.5, 0.6) is 0 Å². The number of hydrogen-bond donors (Lipinski definition) is 2. The number of nitrogens with zero attached hydrogens (tertiary/aromatic N) is 1. The van der Waals surface area contributed by atoms with Gasteiger partial charge in [0.15, 0.2) is 0 Å². The molecule has 0 fully saturated rings. The van der Waals surface area contributed by atoms with Gasteiger partial charge in [0.25, 0.3) is 0 Å². The van der Waals surface area contributed by atoms with Gasteiger partial charge >= 0.3 is 5.97 Å². The lowest BCUT2D eigenvalue weighted by atomic mass is 9.92. The van der Waals surface area contributed by atoms with Crippen LogP contribution in [0.15, 0.2) is 18.2 Å². The minimum atomic E-state index is -0.880. The van der Waals surface area contributed by atoms with Crippen LogP contribution in [0.1, 0.15) is 28.0 Å². The molecule has 0 saturated heterocycles. The van der Waals surface area contributed by atoms with E-state index in [1.165, 1.54) is 11.3 Å². The van der Waals surface area contributed by atoms with E-state index in [-0.39, 0.29) is 6.04 Å². The van der Waals surface area contributed by atoms with Gasteiger partial charge in [0.2, 0.25) is 0 Å². The van der Waals surface area contributed by atoms with Crippen molar-refractivity contribution in [3.8, 4) is 0 Å². The first-order valence-corrected chi connectivity index (χ1v) is 6.17. The summed E-state index contributed by atoms with van der Waals surface area (Å²) in [5, 5.41) is 10.1. The Balaban J connectivity index is 2.28. The highest BCUT2D eigenvalue weighted by Crippen LogP contribution is 2.31. The van der Waals surface area contributed by atoms with Gasteiger partial charge in [-0.15, -0.1) is 0 Å². The number of benzene rings is 1. The summed E-state index contributed by atoms with van der Waals surface area (Å²) in [6, 6.07) is 5.52. The molecule has 0 aliphatic heterocycles. The summed E-state index contributed by atoms with van der Waals surface area (Å²) in [6.07, 6.45) is 2.82. The molecule has 2 aromatic rings. The second-order valence-electron chi connectivity index (χ2n) is 5.02. The van der Waals surface area contributed by atoms with Crippen LogP contribution in [0.3, 0.4) is 0 Å². The number of hydrogen-bond acceptors (Lipinski definition) is 2. The first-order chi connectivity index (χ1) is 8.58. The topological polar surface area (TPSA) is 68.2 Å². The highest BCUT2D eigenvalue weighted by molar-refractivity contribution is 5.95. The second kappa shape index (κ2) is 3.85. The summed E-state index contributed by atoms with van der Waals surface area (Å²) in [6.45, 7) is 0. The summed E-state index contributed by atoms with van der Waals surface area (Å²) in [5.41, 5.74) is 9.99. The summed E-state index contributed by atoms with van der Waals surface area (Å²) in [7, 11) is 2.04. The Bertz CT molecular complexity index is 643. The largest absolute Gasteiger partial charge is 0.478 e. The van der Waals surface area contributed by atoms with Crippen molar-refractivity contribution in [1.29, 1.82) is 0 Å². The molecule has 1 aromatic heterocycles. The third kappa shape index (κ3) is 1.53. The van der Waals surface area contributed by atoms with Gasteiger partial charge in [0, 0.05) is 29.7 Å². The number of nitrogens with two attached hydrogens (primary N) is 1. The molecule has 0 radical (unpaired) electrons. The Morgan fingerprint density at radius 1 is 1.50 bits per heavy atom. The molecule has 1 heterocycles. The third-order valence-corrected chi connectivity index (χ3v) is 3.90. The van der Waals surface area contributed by atoms with Crippen molar-refractivity contribution in [3.05, 3.63) is 35.0 Å². The lowest BCUT2D eigenvalue weighted by Crippen LogP contribution is -2.28. The van der Waals surface area contributed by atoms with Crippen molar-refractivity contribution in [3.63, 3.8) is 0 Å². The van der Waals surface area contributed by atoms with Crippen LogP contribution < -0.4 is 5.73 Å². The van der Waals surface area contributed by atoms with Gasteiger partial charge in [-0.05, 0) is 43.0 Å². The first kappa shape index (κ1) is 11.3. The highest BCUT2D eigenvalue weighted by atomic mass is 16.4. The molecule has 3 rings (SSSR count). The molecule has 1 aromatic carbocycles. The number of aryl methyl sites for hydroxylation is 1. The van der Waals surface area contributed by atoms with Gasteiger partial charge in [-0.25, -0.2) is 4.79 Å². The molecule has 0 saturated carbocycles. The molecule has 0 amide bonds. The lowest BCUT2D eigenvalue weighted by molar-refractivity contribution is 0.0697. The molecule has 4 heteroatoms. The molecule has 1 aliphatic rings. The maximum absolute atomic E-state index is 11.1. The van der Waals surface area contributed by atoms with E-state index in [0.717, 1.165) is 30.2 Å². The van der Waals surface area contributed by atoms with Crippen molar-refractivity contribution in [2.45, 2.75) is 25.3 Å². The SMILES string of the molecule is Cn1c2c(c3cc(C(=O)O)ccc31)CC(N)CC2.